The van der Waals surface area contributed by atoms with E-state index < -0.39 is 0 Å². The SMILES string of the molecule is CCCOc1cc(N)cc(NCC(O)CCC)c1. The number of hydrogen-bond donors (Lipinski definition) is 3. The molecule has 0 aromatic heterocycles. The van der Waals surface area contributed by atoms with Crippen LogP contribution in [0, 0.1) is 0 Å². The van der Waals surface area contributed by atoms with Crippen LogP contribution in [0.25, 0.3) is 0 Å². The summed E-state index contributed by atoms with van der Waals surface area (Å²) in [6.07, 6.45) is 2.42. The number of aliphatic hydroxyl groups is 1. The Labute approximate surface area is 109 Å². The Bertz CT molecular complexity index is 356. The van der Waals surface area contributed by atoms with E-state index in [1.165, 1.54) is 0 Å². The van der Waals surface area contributed by atoms with Gasteiger partial charge in [-0.05, 0) is 18.9 Å². The van der Waals surface area contributed by atoms with Gasteiger partial charge in [0.2, 0.25) is 0 Å². The van der Waals surface area contributed by atoms with Gasteiger partial charge in [0.05, 0.1) is 12.7 Å². The van der Waals surface area contributed by atoms with Gasteiger partial charge >= 0.3 is 0 Å². The van der Waals surface area contributed by atoms with Gasteiger partial charge in [0.1, 0.15) is 5.75 Å². The summed E-state index contributed by atoms with van der Waals surface area (Å²) in [6.45, 7) is 5.33. The smallest absolute Gasteiger partial charge is 0.123 e. The molecule has 18 heavy (non-hydrogen) atoms. The standard InChI is InChI=1S/C14H24N2O2/c1-3-5-13(17)10-16-12-7-11(15)8-14(9-12)18-6-4-2/h7-9,13,16-17H,3-6,10,15H2,1-2H3. The first-order valence-corrected chi connectivity index (χ1v) is 6.61. The third-order valence-electron chi connectivity index (χ3n) is 2.57. The largest absolute Gasteiger partial charge is 0.493 e. The maximum Gasteiger partial charge on any atom is 0.123 e. The fourth-order valence-electron chi connectivity index (χ4n) is 1.70. The van der Waals surface area contributed by atoms with Crippen LogP contribution < -0.4 is 15.8 Å². The van der Waals surface area contributed by atoms with E-state index in [0.29, 0.717) is 18.8 Å². The summed E-state index contributed by atoms with van der Waals surface area (Å²) < 4.78 is 5.55. The Morgan fingerprint density at radius 2 is 2.06 bits per heavy atom. The van der Waals surface area contributed by atoms with E-state index in [9.17, 15) is 5.11 Å². The number of nitrogen functional groups attached to an aromatic ring is 1. The van der Waals surface area contributed by atoms with E-state index in [1.54, 1.807) is 0 Å². The summed E-state index contributed by atoms with van der Waals surface area (Å²) in [7, 11) is 0. The van der Waals surface area contributed by atoms with Crippen molar-refractivity contribution in [3.8, 4) is 5.75 Å². The molecule has 0 aliphatic rings. The molecule has 4 nitrogen and oxygen atoms in total. The first kappa shape index (κ1) is 14.6. The molecule has 0 aliphatic heterocycles. The van der Waals surface area contributed by atoms with Gasteiger partial charge in [-0.1, -0.05) is 20.3 Å². The lowest BCUT2D eigenvalue weighted by atomic mass is 10.2. The van der Waals surface area contributed by atoms with Gasteiger partial charge in [0.15, 0.2) is 0 Å². The molecule has 1 unspecified atom stereocenters. The van der Waals surface area contributed by atoms with Crippen molar-refractivity contribution in [1.82, 2.24) is 0 Å². The highest BCUT2D eigenvalue weighted by molar-refractivity contribution is 5.59. The summed E-state index contributed by atoms with van der Waals surface area (Å²) >= 11 is 0. The topological polar surface area (TPSA) is 67.5 Å². The summed E-state index contributed by atoms with van der Waals surface area (Å²) in [5.41, 5.74) is 7.36. The van der Waals surface area contributed by atoms with E-state index in [-0.39, 0.29) is 6.10 Å². The predicted octanol–water partition coefficient (Wildman–Crippen LogP) is 2.63. The zero-order valence-corrected chi connectivity index (χ0v) is 11.3. The zero-order chi connectivity index (χ0) is 13.4. The normalized spacial score (nSPS) is 12.2. The lowest BCUT2D eigenvalue weighted by molar-refractivity contribution is 0.176. The molecule has 4 N–H and O–H groups in total. The highest BCUT2D eigenvalue weighted by Crippen LogP contribution is 2.22. The van der Waals surface area contributed by atoms with E-state index in [4.69, 9.17) is 10.5 Å². The maximum atomic E-state index is 9.67. The van der Waals surface area contributed by atoms with Crippen LogP contribution in [0.4, 0.5) is 11.4 Å². The van der Waals surface area contributed by atoms with Crippen LogP contribution in [-0.2, 0) is 0 Å². The number of rotatable bonds is 8. The number of nitrogens with two attached hydrogens (primary N) is 1. The molecular formula is C14H24N2O2. The Balaban J connectivity index is 2.56. The number of ether oxygens (including phenoxy) is 1. The van der Waals surface area contributed by atoms with Crippen molar-refractivity contribution in [2.24, 2.45) is 0 Å². The lowest BCUT2D eigenvalue weighted by Crippen LogP contribution is -2.19. The second-order valence-corrected chi connectivity index (χ2v) is 4.46. The third-order valence-corrected chi connectivity index (χ3v) is 2.57. The second kappa shape index (κ2) is 7.82. The van der Waals surface area contributed by atoms with Gasteiger partial charge in [-0.3, -0.25) is 0 Å². The number of hydrogen-bond acceptors (Lipinski definition) is 4. The average Bonchev–Trinajstić information content (AvgIpc) is 2.34. The van der Waals surface area contributed by atoms with Gasteiger partial charge < -0.3 is 20.9 Å². The van der Waals surface area contributed by atoms with Crippen molar-refractivity contribution in [2.45, 2.75) is 39.2 Å². The van der Waals surface area contributed by atoms with Crippen molar-refractivity contribution >= 4 is 11.4 Å². The number of aliphatic hydroxyl groups excluding tert-OH is 1. The molecule has 0 fully saturated rings. The van der Waals surface area contributed by atoms with Crippen molar-refractivity contribution < 1.29 is 9.84 Å². The molecular weight excluding hydrogens is 228 g/mol. The maximum absolute atomic E-state index is 9.67. The average molecular weight is 252 g/mol. The first-order chi connectivity index (χ1) is 8.65. The molecule has 1 atom stereocenters. The van der Waals surface area contributed by atoms with Crippen LogP contribution in [0.1, 0.15) is 33.1 Å². The Hall–Kier alpha value is -1.42. The van der Waals surface area contributed by atoms with Crippen LogP contribution in [0.2, 0.25) is 0 Å². The summed E-state index contributed by atoms with van der Waals surface area (Å²) in [6, 6.07) is 5.56. The van der Waals surface area contributed by atoms with Gasteiger partial charge in [-0.2, -0.15) is 0 Å². The Morgan fingerprint density at radius 3 is 2.72 bits per heavy atom. The molecule has 0 bridgehead atoms. The number of benzene rings is 1. The summed E-state index contributed by atoms with van der Waals surface area (Å²) in [5, 5.41) is 12.8. The second-order valence-electron chi connectivity index (χ2n) is 4.46. The molecule has 1 aromatic rings. The van der Waals surface area contributed by atoms with E-state index in [2.05, 4.69) is 19.2 Å². The molecule has 0 spiro atoms. The predicted molar refractivity (Wildman–Crippen MR) is 76.0 cm³/mol. The van der Waals surface area contributed by atoms with Gasteiger partial charge in [0.25, 0.3) is 0 Å². The van der Waals surface area contributed by atoms with Crippen LogP contribution >= 0.6 is 0 Å². The molecule has 0 radical (unpaired) electrons. The van der Waals surface area contributed by atoms with E-state index in [0.717, 1.165) is 30.7 Å². The number of nitrogens with one attached hydrogen (secondary N) is 1. The van der Waals surface area contributed by atoms with Gasteiger partial charge in [-0.15, -0.1) is 0 Å². The van der Waals surface area contributed by atoms with Gasteiger partial charge in [-0.25, -0.2) is 0 Å². The lowest BCUT2D eigenvalue weighted by Gasteiger charge is -2.14. The molecule has 0 aliphatic carbocycles. The minimum atomic E-state index is -0.323. The quantitative estimate of drug-likeness (QED) is 0.622. The number of anilines is 2. The molecule has 1 aromatic carbocycles. The summed E-state index contributed by atoms with van der Waals surface area (Å²) in [5.74, 6) is 0.768. The fraction of sp³-hybridized carbons (Fsp3) is 0.571. The molecule has 1 rings (SSSR count). The Morgan fingerprint density at radius 1 is 1.28 bits per heavy atom. The van der Waals surface area contributed by atoms with Crippen molar-refractivity contribution in [3.63, 3.8) is 0 Å². The molecule has 0 amide bonds. The molecule has 0 saturated carbocycles. The van der Waals surface area contributed by atoms with Crippen molar-refractivity contribution in [1.29, 1.82) is 0 Å². The molecule has 4 heteroatoms. The summed E-state index contributed by atoms with van der Waals surface area (Å²) in [4.78, 5) is 0. The minimum absolute atomic E-state index is 0.323. The third kappa shape index (κ3) is 5.27. The molecule has 0 saturated heterocycles. The van der Waals surface area contributed by atoms with E-state index in [1.807, 2.05) is 18.2 Å². The first-order valence-electron chi connectivity index (χ1n) is 6.61. The van der Waals surface area contributed by atoms with Gasteiger partial charge in [0, 0.05) is 30.1 Å². The van der Waals surface area contributed by atoms with Crippen LogP contribution in [0.5, 0.6) is 5.75 Å². The van der Waals surface area contributed by atoms with Crippen molar-refractivity contribution in [3.05, 3.63) is 18.2 Å². The zero-order valence-electron chi connectivity index (χ0n) is 11.3. The highest BCUT2D eigenvalue weighted by Gasteiger charge is 2.04. The monoisotopic (exact) mass is 252 g/mol. The van der Waals surface area contributed by atoms with Crippen molar-refractivity contribution in [2.75, 3.05) is 24.2 Å². The van der Waals surface area contributed by atoms with Crippen LogP contribution in [0.3, 0.4) is 0 Å². The molecule has 102 valence electrons. The van der Waals surface area contributed by atoms with Crippen LogP contribution in [0.15, 0.2) is 18.2 Å². The fourth-order valence-corrected chi connectivity index (χ4v) is 1.70. The highest BCUT2D eigenvalue weighted by atomic mass is 16.5. The minimum Gasteiger partial charge on any atom is -0.493 e. The van der Waals surface area contributed by atoms with E-state index >= 15 is 0 Å². The molecule has 0 heterocycles. The van der Waals surface area contributed by atoms with Crippen LogP contribution in [-0.4, -0.2) is 24.4 Å². The Kier molecular flexibility index (Phi) is 6.36.